The molecule has 0 saturated heterocycles. The summed E-state index contributed by atoms with van der Waals surface area (Å²) in [5, 5.41) is 6.99. The molecule has 2 unspecified atom stereocenters. The highest BCUT2D eigenvalue weighted by atomic mass is 35.5. The van der Waals surface area contributed by atoms with Gasteiger partial charge in [0.25, 0.3) is 0 Å². The zero-order valence-corrected chi connectivity index (χ0v) is 15.3. The molecule has 1 aromatic heterocycles. The van der Waals surface area contributed by atoms with E-state index in [1.165, 1.54) is 6.07 Å². The van der Waals surface area contributed by atoms with Crippen LogP contribution in [0.2, 0.25) is 5.02 Å². The predicted octanol–water partition coefficient (Wildman–Crippen LogP) is 3.70. The number of nitrogens with zero attached hydrogens (tertiary/aromatic N) is 2. The number of aromatic nitrogens is 1. The van der Waals surface area contributed by atoms with Crippen LogP contribution in [0.4, 0.5) is 4.39 Å². The second kappa shape index (κ2) is 7.44. The van der Waals surface area contributed by atoms with E-state index in [1.54, 1.807) is 12.1 Å². The largest absolute Gasteiger partial charge is 0.444 e. The first-order valence-electron chi connectivity index (χ1n) is 8.41. The molecule has 3 rings (SSSR count). The summed E-state index contributed by atoms with van der Waals surface area (Å²) >= 11 is 6.15. The van der Waals surface area contributed by atoms with Crippen molar-refractivity contribution in [2.75, 3.05) is 6.54 Å². The summed E-state index contributed by atoms with van der Waals surface area (Å²) in [4.78, 5) is 8.83. The Kier molecular flexibility index (Phi) is 5.27. The molecule has 1 aromatic carbocycles. The predicted molar refractivity (Wildman–Crippen MR) is 96.5 cm³/mol. The van der Waals surface area contributed by atoms with Gasteiger partial charge in [0, 0.05) is 29.1 Å². The van der Waals surface area contributed by atoms with Gasteiger partial charge >= 0.3 is 0 Å². The summed E-state index contributed by atoms with van der Waals surface area (Å²) in [5.74, 6) is 1.85. The zero-order chi connectivity index (χ0) is 18.0. The third-order valence-electron chi connectivity index (χ3n) is 4.27. The lowest BCUT2D eigenvalue weighted by molar-refractivity contribution is 0.472. The Morgan fingerprint density at radius 2 is 2.24 bits per heavy atom. The van der Waals surface area contributed by atoms with Crippen molar-refractivity contribution < 1.29 is 8.81 Å². The van der Waals surface area contributed by atoms with Gasteiger partial charge in [-0.15, -0.1) is 0 Å². The van der Waals surface area contributed by atoms with Gasteiger partial charge in [-0.05, 0) is 39.3 Å². The summed E-state index contributed by atoms with van der Waals surface area (Å²) in [5.41, 5.74) is 1.45. The average Bonchev–Trinajstić information content (AvgIpc) is 3.22. The minimum absolute atomic E-state index is 0.0591. The van der Waals surface area contributed by atoms with Crippen molar-refractivity contribution in [2.45, 2.75) is 45.7 Å². The van der Waals surface area contributed by atoms with Crippen molar-refractivity contribution in [1.29, 1.82) is 0 Å². The number of hydrogen-bond donors (Lipinski definition) is 2. The van der Waals surface area contributed by atoms with Crippen molar-refractivity contribution in [2.24, 2.45) is 4.99 Å². The van der Waals surface area contributed by atoms with Gasteiger partial charge in [-0.3, -0.25) is 0 Å². The molecule has 0 amide bonds. The Balaban J connectivity index is 1.66. The van der Waals surface area contributed by atoms with Crippen LogP contribution >= 0.6 is 11.6 Å². The number of rotatable bonds is 5. The maximum absolute atomic E-state index is 14.0. The number of benzene rings is 1. The molecule has 7 heteroatoms. The smallest absolute Gasteiger partial charge is 0.216 e. The van der Waals surface area contributed by atoms with Crippen LogP contribution in [0.15, 0.2) is 27.6 Å². The second-order valence-corrected chi connectivity index (χ2v) is 6.58. The molecule has 2 aromatic rings. The lowest BCUT2D eigenvalue weighted by Gasteiger charge is -2.11. The molecule has 134 valence electrons. The van der Waals surface area contributed by atoms with Crippen LogP contribution in [0, 0.1) is 19.7 Å². The number of aliphatic imine (C=N–C) groups is 1. The van der Waals surface area contributed by atoms with Crippen molar-refractivity contribution in [3.8, 4) is 0 Å². The quantitative estimate of drug-likeness (QED) is 0.627. The number of guanidine groups is 1. The summed E-state index contributed by atoms with van der Waals surface area (Å²) in [7, 11) is 0. The van der Waals surface area contributed by atoms with Crippen molar-refractivity contribution in [3.63, 3.8) is 0 Å². The van der Waals surface area contributed by atoms with Crippen LogP contribution in [0.3, 0.4) is 0 Å². The summed E-state index contributed by atoms with van der Waals surface area (Å²) < 4.78 is 19.6. The minimum Gasteiger partial charge on any atom is -0.444 e. The highest BCUT2D eigenvalue weighted by molar-refractivity contribution is 6.31. The van der Waals surface area contributed by atoms with Gasteiger partial charge < -0.3 is 15.1 Å². The maximum atomic E-state index is 14.0. The molecule has 2 atom stereocenters. The van der Waals surface area contributed by atoms with Crippen molar-refractivity contribution in [3.05, 3.63) is 51.9 Å². The Bertz CT molecular complexity index is 750. The normalized spacial score (nSPS) is 19.8. The minimum atomic E-state index is -0.255. The molecule has 1 saturated carbocycles. The van der Waals surface area contributed by atoms with E-state index in [2.05, 4.69) is 20.6 Å². The van der Waals surface area contributed by atoms with Gasteiger partial charge in [-0.25, -0.2) is 14.4 Å². The zero-order valence-electron chi connectivity index (χ0n) is 14.6. The van der Waals surface area contributed by atoms with Crippen molar-refractivity contribution in [1.82, 2.24) is 15.6 Å². The van der Waals surface area contributed by atoms with E-state index in [-0.39, 0.29) is 17.8 Å². The number of halogens is 2. The first-order valence-corrected chi connectivity index (χ1v) is 8.79. The van der Waals surface area contributed by atoms with Gasteiger partial charge in [0.2, 0.25) is 5.89 Å². The maximum Gasteiger partial charge on any atom is 0.216 e. The molecule has 0 radical (unpaired) electrons. The third-order valence-corrected chi connectivity index (χ3v) is 4.60. The van der Waals surface area contributed by atoms with E-state index in [1.807, 2.05) is 20.8 Å². The van der Waals surface area contributed by atoms with Crippen LogP contribution in [0.1, 0.15) is 42.2 Å². The molecule has 1 aliphatic carbocycles. The van der Waals surface area contributed by atoms with Crippen LogP contribution in [-0.4, -0.2) is 23.5 Å². The standard InChI is InChI=1S/C18H22ClFN4O/c1-4-21-18(22-9-16-23-10(2)11(3)25-16)24-15-8-12(15)17-13(19)6-5-7-14(17)20/h5-7,12,15H,4,8-9H2,1-3H3,(H2,21,22,24). The fourth-order valence-corrected chi connectivity index (χ4v) is 3.09. The Labute approximate surface area is 151 Å². The lowest BCUT2D eigenvalue weighted by Crippen LogP contribution is -2.39. The Morgan fingerprint density at radius 1 is 1.44 bits per heavy atom. The highest BCUT2D eigenvalue weighted by Gasteiger charge is 2.41. The van der Waals surface area contributed by atoms with E-state index in [0.29, 0.717) is 29.0 Å². The van der Waals surface area contributed by atoms with Crippen molar-refractivity contribution >= 4 is 17.6 Å². The first-order chi connectivity index (χ1) is 12.0. The molecule has 1 heterocycles. The topological polar surface area (TPSA) is 62.5 Å². The third kappa shape index (κ3) is 4.12. The van der Waals surface area contributed by atoms with E-state index < -0.39 is 0 Å². The number of nitrogens with one attached hydrogen (secondary N) is 2. The molecule has 2 N–H and O–H groups in total. The summed E-state index contributed by atoms with van der Waals surface area (Å²) in [6.45, 7) is 6.86. The van der Waals surface area contributed by atoms with E-state index in [4.69, 9.17) is 16.0 Å². The molecule has 1 fully saturated rings. The van der Waals surface area contributed by atoms with Crippen LogP contribution < -0.4 is 10.6 Å². The summed E-state index contributed by atoms with van der Waals surface area (Å²) in [6.07, 6.45) is 0.822. The van der Waals surface area contributed by atoms with Gasteiger partial charge in [0.15, 0.2) is 5.96 Å². The van der Waals surface area contributed by atoms with Gasteiger partial charge in [-0.1, -0.05) is 17.7 Å². The fourth-order valence-electron chi connectivity index (χ4n) is 2.79. The average molecular weight is 365 g/mol. The molecule has 25 heavy (non-hydrogen) atoms. The van der Waals surface area contributed by atoms with Crippen LogP contribution in [0.5, 0.6) is 0 Å². The number of aryl methyl sites for hydroxylation is 2. The summed E-state index contributed by atoms with van der Waals surface area (Å²) in [6, 6.07) is 4.91. The van der Waals surface area contributed by atoms with Gasteiger partial charge in [0.05, 0.1) is 5.69 Å². The molecule has 5 nitrogen and oxygen atoms in total. The number of hydrogen-bond acceptors (Lipinski definition) is 3. The molecular weight excluding hydrogens is 343 g/mol. The molecule has 0 spiro atoms. The molecule has 1 aliphatic rings. The second-order valence-electron chi connectivity index (χ2n) is 6.17. The lowest BCUT2D eigenvalue weighted by atomic mass is 10.1. The molecule has 0 aliphatic heterocycles. The van der Waals surface area contributed by atoms with E-state index >= 15 is 0 Å². The highest BCUT2D eigenvalue weighted by Crippen LogP contribution is 2.44. The van der Waals surface area contributed by atoms with E-state index in [0.717, 1.165) is 24.4 Å². The van der Waals surface area contributed by atoms with Crippen LogP contribution in [0.25, 0.3) is 0 Å². The molecular formula is C18H22ClFN4O. The Morgan fingerprint density at radius 3 is 2.88 bits per heavy atom. The van der Waals surface area contributed by atoms with Crippen LogP contribution in [-0.2, 0) is 6.54 Å². The number of oxazole rings is 1. The molecule has 0 bridgehead atoms. The Hall–Kier alpha value is -2.08. The van der Waals surface area contributed by atoms with Gasteiger partial charge in [0.1, 0.15) is 18.1 Å². The fraction of sp³-hybridized carbons (Fsp3) is 0.444. The SMILES string of the molecule is CCNC(=NCc1nc(C)c(C)o1)NC1CC1c1c(F)cccc1Cl. The monoisotopic (exact) mass is 364 g/mol. The first kappa shape index (κ1) is 17.7. The van der Waals surface area contributed by atoms with Gasteiger partial charge in [-0.2, -0.15) is 0 Å². The van der Waals surface area contributed by atoms with E-state index in [9.17, 15) is 4.39 Å².